The summed E-state index contributed by atoms with van der Waals surface area (Å²) in [4.78, 5) is 14.5. The SMILES string of the molecule is CC1=C(/C=C/C(C)=C/C=C/C(C)=C/C(=O)[P+](c2ccccc2)(c2ccccc2)c2ccccc2)C(C)(C)CCC1.[Cl-]. The summed E-state index contributed by atoms with van der Waals surface area (Å²) in [5.41, 5.74) is 5.51. The average Bonchev–Trinajstić information content (AvgIpc) is 2.94. The van der Waals surface area contributed by atoms with Gasteiger partial charge in [0.2, 0.25) is 0 Å². The van der Waals surface area contributed by atoms with Gasteiger partial charge in [0.25, 0.3) is 0 Å². The van der Waals surface area contributed by atoms with E-state index < -0.39 is 7.26 Å². The Balaban J connectivity index is 0.00000462. The van der Waals surface area contributed by atoms with Crippen molar-refractivity contribution in [3.63, 3.8) is 0 Å². The number of halogens is 1. The summed E-state index contributed by atoms with van der Waals surface area (Å²) < 4.78 is 0. The average molecular weight is 581 g/mol. The maximum absolute atomic E-state index is 14.5. The first kappa shape index (κ1) is 32.3. The van der Waals surface area contributed by atoms with E-state index in [4.69, 9.17) is 0 Å². The first-order valence-electron chi connectivity index (χ1n) is 14.3. The molecule has 1 aliphatic carbocycles. The molecule has 3 aromatic carbocycles. The lowest BCUT2D eigenvalue weighted by atomic mass is 9.72. The van der Waals surface area contributed by atoms with Crippen molar-refractivity contribution in [2.24, 2.45) is 5.41 Å². The van der Waals surface area contributed by atoms with Crippen LogP contribution in [0.4, 0.5) is 0 Å². The fraction of sp³-hybridized carbons (Fsp3) is 0.237. The molecule has 0 spiro atoms. The van der Waals surface area contributed by atoms with Gasteiger partial charge in [0.15, 0.2) is 7.26 Å². The van der Waals surface area contributed by atoms with Crippen LogP contribution in [0.15, 0.2) is 150 Å². The van der Waals surface area contributed by atoms with Crippen LogP contribution >= 0.6 is 7.26 Å². The number of carbonyl (C=O) groups excluding carboxylic acids is 1. The predicted molar refractivity (Wildman–Crippen MR) is 176 cm³/mol. The van der Waals surface area contributed by atoms with Crippen LogP contribution in [0.25, 0.3) is 0 Å². The van der Waals surface area contributed by atoms with Gasteiger partial charge in [-0.25, -0.2) is 4.79 Å². The highest BCUT2D eigenvalue weighted by Gasteiger charge is 2.52. The summed E-state index contributed by atoms with van der Waals surface area (Å²) in [5.74, 6) is 0. The molecule has 4 rings (SSSR count). The maximum atomic E-state index is 14.5. The van der Waals surface area contributed by atoms with Crippen LogP contribution in [0.2, 0.25) is 0 Å². The van der Waals surface area contributed by atoms with Gasteiger partial charge in [-0.2, -0.15) is 0 Å². The Hall–Kier alpha value is -3.25. The number of rotatable bonds is 9. The Bertz CT molecular complexity index is 1360. The number of hydrogen-bond donors (Lipinski definition) is 0. The predicted octanol–water partition coefficient (Wildman–Crippen LogP) is 6.04. The summed E-state index contributed by atoms with van der Waals surface area (Å²) >= 11 is 0. The Morgan fingerprint density at radius 3 is 1.71 bits per heavy atom. The number of benzene rings is 3. The summed E-state index contributed by atoms with van der Waals surface area (Å²) in [5, 5.41) is 3.21. The molecule has 3 heteroatoms. The van der Waals surface area contributed by atoms with Crippen LogP contribution in [0, 0.1) is 5.41 Å². The van der Waals surface area contributed by atoms with E-state index in [1.807, 2.05) is 73.7 Å². The van der Waals surface area contributed by atoms with Crippen LogP contribution in [0.1, 0.15) is 53.9 Å². The number of carbonyl (C=O) groups is 1. The minimum absolute atomic E-state index is 0. The molecule has 0 unspecified atom stereocenters. The van der Waals surface area contributed by atoms with Gasteiger partial charge in [-0.05, 0) is 93.0 Å². The molecule has 0 heterocycles. The fourth-order valence-electron chi connectivity index (χ4n) is 5.76. The van der Waals surface area contributed by atoms with Crippen molar-refractivity contribution < 1.29 is 17.2 Å². The van der Waals surface area contributed by atoms with Crippen molar-refractivity contribution in [2.45, 2.75) is 53.9 Å². The first-order valence-corrected chi connectivity index (χ1v) is 16.1. The Morgan fingerprint density at radius 1 is 0.756 bits per heavy atom. The molecule has 0 bridgehead atoms. The van der Waals surface area contributed by atoms with E-state index in [-0.39, 0.29) is 23.3 Å². The lowest BCUT2D eigenvalue weighted by molar-refractivity contribution is -0.107. The summed E-state index contributed by atoms with van der Waals surface area (Å²) in [7, 11) is -2.58. The summed E-state index contributed by atoms with van der Waals surface area (Å²) in [6.07, 6.45) is 16.3. The molecule has 0 aromatic heterocycles. The zero-order chi connectivity index (χ0) is 28.6. The smallest absolute Gasteiger partial charge is 0.306 e. The molecule has 0 fully saturated rings. The van der Waals surface area contributed by atoms with E-state index in [2.05, 4.69) is 88.4 Å². The second kappa shape index (κ2) is 14.6. The van der Waals surface area contributed by atoms with Gasteiger partial charge in [-0.1, -0.05) is 110 Å². The molecule has 0 atom stereocenters. The second-order valence-electron chi connectivity index (χ2n) is 11.4. The first-order chi connectivity index (χ1) is 19.2. The highest BCUT2D eigenvalue weighted by Crippen LogP contribution is 2.56. The zero-order valence-electron chi connectivity index (χ0n) is 25.0. The molecule has 0 radical (unpaired) electrons. The minimum Gasteiger partial charge on any atom is -1.00 e. The number of hydrogen-bond acceptors (Lipinski definition) is 1. The third-order valence-corrected chi connectivity index (χ3v) is 11.9. The van der Waals surface area contributed by atoms with Crippen LogP contribution in [-0.2, 0) is 4.79 Å². The van der Waals surface area contributed by atoms with Gasteiger partial charge in [-0.15, -0.1) is 0 Å². The quantitative estimate of drug-likeness (QED) is 0.171. The third kappa shape index (κ3) is 7.53. The van der Waals surface area contributed by atoms with Gasteiger partial charge < -0.3 is 12.4 Å². The lowest BCUT2D eigenvalue weighted by Crippen LogP contribution is -3.00. The van der Waals surface area contributed by atoms with Crippen molar-refractivity contribution in [3.05, 3.63) is 150 Å². The highest BCUT2D eigenvalue weighted by molar-refractivity contribution is 8.08. The second-order valence-corrected chi connectivity index (χ2v) is 14.8. The van der Waals surface area contributed by atoms with Crippen molar-refractivity contribution >= 4 is 28.7 Å². The molecule has 0 saturated carbocycles. The molecule has 41 heavy (non-hydrogen) atoms. The molecule has 0 aliphatic heterocycles. The summed E-state index contributed by atoms with van der Waals surface area (Å²) in [6.45, 7) is 11.1. The van der Waals surface area contributed by atoms with Crippen molar-refractivity contribution in [1.82, 2.24) is 0 Å². The van der Waals surface area contributed by atoms with Crippen LogP contribution in [0.5, 0.6) is 0 Å². The van der Waals surface area contributed by atoms with Crippen molar-refractivity contribution in [1.29, 1.82) is 0 Å². The van der Waals surface area contributed by atoms with Crippen LogP contribution in [-0.4, -0.2) is 5.52 Å². The molecular weight excluding hydrogens is 539 g/mol. The summed E-state index contributed by atoms with van der Waals surface area (Å²) in [6, 6.07) is 30.9. The normalized spacial score (nSPS) is 16.2. The minimum atomic E-state index is -2.58. The largest absolute Gasteiger partial charge is 1.00 e. The van der Waals surface area contributed by atoms with Crippen molar-refractivity contribution in [2.75, 3.05) is 0 Å². The Kier molecular flexibility index (Phi) is 11.5. The lowest BCUT2D eigenvalue weighted by Gasteiger charge is -2.32. The molecule has 1 aliphatic rings. The third-order valence-electron chi connectivity index (χ3n) is 7.89. The van der Waals surface area contributed by atoms with E-state index in [0.29, 0.717) is 0 Å². The standard InChI is InChI=1S/C38H42OP.ClH/c1-30(26-27-36-32(3)19-16-28-38(36,4)5)17-15-18-31(2)29-37(39)40(33-20-9-6-10-21-33,34-22-11-7-12-23-34)35-24-13-8-14-25-35;/h6-15,17-18,20-27,29H,16,19,28H2,1-5H3;1H/q+1;/p-1/b18-15+,27-26+,30-17+,31-29+;. The Morgan fingerprint density at radius 2 is 1.24 bits per heavy atom. The molecule has 1 nitrogen and oxygen atoms in total. The maximum Gasteiger partial charge on any atom is 0.306 e. The van der Waals surface area contributed by atoms with E-state index in [1.54, 1.807) is 0 Å². The fourth-order valence-corrected chi connectivity index (χ4v) is 9.67. The molecular formula is C38H42ClOP. The van der Waals surface area contributed by atoms with Gasteiger partial charge in [0, 0.05) is 6.08 Å². The highest BCUT2D eigenvalue weighted by atomic mass is 35.5. The molecule has 0 saturated heterocycles. The van der Waals surface area contributed by atoms with E-state index in [9.17, 15) is 4.79 Å². The van der Waals surface area contributed by atoms with Gasteiger partial charge in [-0.3, -0.25) is 0 Å². The van der Waals surface area contributed by atoms with Gasteiger partial charge in [0.1, 0.15) is 15.9 Å². The van der Waals surface area contributed by atoms with Crippen LogP contribution in [0.3, 0.4) is 0 Å². The van der Waals surface area contributed by atoms with Crippen molar-refractivity contribution in [3.8, 4) is 0 Å². The Labute approximate surface area is 254 Å². The van der Waals surface area contributed by atoms with Crippen LogP contribution < -0.4 is 28.3 Å². The van der Waals surface area contributed by atoms with Gasteiger partial charge >= 0.3 is 5.52 Å². The zero-order valence-corrected chi connectivity index (χ0v) is 26.6. The molecule has 3 aromatic rings. The number of allylic oxidation sites excluding steroid dienone is 10. The molecule has 0 amide bonds. The monoisotopic (exact) mass is 580 g/mol. The van der Waals surface area contributed by atoms with Gasteiger partial charge in [0.05, 0.1) is 0 Å². The molecule has 0 N–H and O–H groups in total. The topological polar surface area (TPSA) is 17.1 Å². The van der Waals surface area contributed by atoms with E-state index in [1.165, 1.54) is 36.0 Å². The molecule has 212 valence electrons. The van der Waals surface area contributed by atoms with E-state index in [0.717, 1.165) is 21.5 Å². The van der Waals surface area contributed by atoms with E-state index >= 15 is 0 Å².